The van der Waals surface area contributed by atoms with Crippen LogP contribution in [0.1, 0.15) is 30.3 Å². The Balaban J connectivity index is 1.92. The molecule has 5 heteroatoms. The van der Waals surface area contributed by atoms with Gasteiger partial charge in [0.2, 0.25) is 0 Å². The topological polar surface area (TPSA) is 80.0 Å². The van der Waals surface area contributed by atoms with Crippen LogP contribution in [0.3, 0.4) is 0 Å². The van der Waals surface area contributed by atoms with Crippen molar-refractivity contribution in [3.63, 3.8) is 0 Å². The molecule has 1 amide bonds. The number of carbonyl (C=O) groups is 1. The van der Waals surface area contributed by atoms with Crippen molar-refractivity contribution in [1.82, 2.24) is 10.3 Å². The fourth-order valence-corrected chi connectivity index (χ4v) is 1.39. The summed E-state index contributed by atoms with van der Waals surface area (Å²) in [6, 6.07) is 3.38. The fraction of sp³-hybridized carbons (Fsp3) is 0.455. The first-order chi connectivity index (χ1) is 7.63. The van der Waals surface area contributed by atoms with E-state index in [9.17, 15) is 4.79 Å². The monoisotopic (exact) mass is 220 g/mol. The number of hydrazine groups is 1. The van der Waals surface area contributed by atoms with Gasteiger partial charge in [-0.05, 0) is 30.4 Å². The van der Waals surface area contributed by atoms with Crippen molar-refractivity contribution in [2.45, 2.75) is 19.8 Å². The summed E-state index contributed by atoms with van der Waals surface area (Å²) in [4.78, 5) is 15.7. The number of rotatable bonds is 4. The van der Waals surface area contributed by atoms with Crippen LogP contribution in [-0.4, -0.2) is 17.4 Å². The van der Waals surface area contributed by atoms with E-state index in [0.29, 0.717) is 16.8 Å². The summed E-state index contributed by atoms with van der Waals surface area (Å²) in [6.07, 6.45) is 3.92. The van der Waals surface area contributed by atoms with Crippen molar-refractivity contribution in [2.75, 3.05) is 12.0 Å². The van der Waals surface area contributed by atoms with Crippen LogP contribution in [0, 0.1) is 5.41 Å². The number of pyridine rings is 1. The van der Waals surface area contributed by atoms with E-state index in [0.717, 1.165) is 6.54 Å². The van der Waals surface area contributed by atoms with Gasteiger partial charge in [-0.2, -0.15) is 0 Å². The molecule has 2 rings (SSSR count). The molecule has 1 heterocycles. The number of nitrogens with two attached hydrogens (primary N) is 1. The van der Waals surface area contributed by atoms with Gasteiger partial charge in [0.25, 0.3) is 5.91 Å². The molecular formula is C11H16N4O. The third-order valence-corrected chi connectivity index (χ3v) is 2.94. The predicted octanol–water partition coefficient (Wildman–Crippen LogP) is 0.897. The summed E-state index contributed by atoms with van der Waals surface area (Å²) < 4.78 is 0. The molecule has 0 saturated heterocycles. The molecule has 4 N–H and O–H groups in total. The summed E-state index contributed by atoms with van der Waals surface area (Å²) in [5, 5.41) is 2.89. The Morgan fingerprint density at radius 3 is 2.81 bits per heavy atom. The Kier molecular flexibility index (Phi) is 2.78. The minimum Gasteiger partial charge on any atom is -0.350 e. The first-order valence-corrected chi connectivity index (χ1v) is 5.34. The molecule has 0 aromatic carbocycles. The second-order valence-corrected chi connectivity index (χ2v) is 4.57. The third-order valence-electron chi connectivity index (χ3n) is 2.94. The van der Waals surface area contributed by atoms with Gasteiger partial charge in [0, 0.05) is 6.54 Å². The van der Waals surface area contributed by atoms with E-state index in [2.05, 4.69) is 22.7 Å². The molecule has 86 valence electrons. The van der Waals surface area contributed by atoms with Gasteiger partial charge in [-0.3, -0.25) is 10.6 Å². The minimum absolute atomic E-state index is 0.128. The van der Waals surface area contributed by atoms with Crippen LogP contribution < -0.4 is 16.6 Å². The highest BCUT2D eigenvalue weighted by molar-refractivity contribution is 5.92. The van der Waals surface area contributed by atoms with Gasteiger partial charge in [-0.1, -0.05) is 6.92 Å². The minimum atomic E-state index is -0.128. The first-order valence-electron chi connectivity index (χ1n) is 5.34. The van der Waals surface area contributed by atoms with Gasteiger partial charge in [-0.15, -0.1) is 0 Å². The molecule has 0 unspecified atom stereocenters. The van der Waals surface area contributed by atoms with Gasteiger partial charge in [0.15, 0.2) is 0 Å². The number of carbonyl (C=O) groups excluding carboxylic acids is 1. The van der Waals surface area contributed by atoms with Crippen molar-refractivity contribution in [3.05, 3.63) is 24.0 Å². The molecule has 1 aromatic heterocycles. The second kappa shape index (κ2) is 4.09. The van der Waals surface area contributed by atoms with Crippen LogP contribution in [0.15, 0.2) is 18.3 Å². The van der Waals surface area contributed by atoms with E-state index in [4.69, 9.17) is 5.84 Å². The summed E-state index contributed by atoms with van der Waals surface area (Å²) in [5.74, 6) is 5.08. The molecule has 16 heavy (non-hydrogen) atoms. The predicted molar refractivity (Wildman–Crippen MR) is 61.7 cm³/mol. The largest absolute Gasteiger partial charge is 0.350 e. The quantitative estimate of drug-likeness (QED) is 0.520. The summed E-state index contributed by atoms with van der Waals surface area (Å²) >= 11 is 0. The number of aromatic nitrogens is 1. The zero-order valence-electron chi connectivity index (χ0n) is 9.29. The first kappa shape index (κ1) is 10.9. The molecule has 0 spiro atoms. The maximum Gasteiger partial charge on any atom is 0.269 e. The number of nitrogens with one attached hydrogen (secondary N) is 2. The van der Waals surface area contributed by atoms with Crippen LogP contribution in [0.2, 0.25) is 0 Å². The van der Waals surface area contributed by atoms with Crippen LogP contribution in [0.5, 0.6) is 0 Å². The van der Waals surface area contributed by atoms with Gasteiger partial charge in [0.05, 0.1) is 11.9 Å². The molecular weight excluding hydrogens is 204 g/mol. The Hall–Kier alpha value is -1.62. The number of amides is 1. The molecule has 1 saturated carbocycles. The summed E-state index contributed by atoms with van der Waals surface area (Å²) in [5.41, 5.74) is 3.88. The highest BCUT2D eigenvalue weighted by atomic mass is 16.1. The van der Waals surface area contributed by atoms with Crippen molar-refractivity contribution >= 4 is 11.6 Å². The van der Waals surface area contributed by atoms with E-state index < -0.39 is 0 Å². The van der Waals surface area contributed by atoms with Crippen LogP contribution >= 0.6 is 0 Å². The lowest BCUT2D eigenvalue weighted by molar-refractivity contribution is 0.0941. The maximum atomic E-state index is 11.7. The van der Waals surface area contributed by atoms with Crippen molar-refractivity contribution in [1.29, 1.82) is 0 Å². The van der Waals surface area contributed by atoms with E-state index >= 15 is 0 Å². The maximum absolute atomic E-state index is 11.7. The fourth-order valence-electron chi connectivity index (χ4n) is 1.39. The number of nitrogen functional groups attached to an aromatic ring is 1. The van der Waals surface area contributed by atoms with E-state index in [1.807, 2.05) is 0 Å². The van der Waals surface area contributed by atoms with Gasteiger partial charge < -0.3 is 10.7 Å². The summed E-state index contributed by atoms with van der Waals surface area (Å²) in [6.45, 7) is 2.90. The standard InChI is InChI=1S/C11H16N4O/c1-11(4-5-11)7-14-10(16)9-3-2-8(15-12)6-13-9/h2-3,6,15H,4-5,7,12H2,1H3,(H,14,16). The molecule has 0 bridgehead atoms. The normalized spacial score (nSPS) is 16.6. The number of anilines is 1. The number of hydrogen-bond acceptors (Lipinski definition) is 4. The van der Waals surface area contributed by atoms with Crippen LogP contribution in [0.4, 0.5) is 5.69 Å². The molecule has 1 aliphatic carbocycles. The highest BCUT2D eigenvalue weighted by Gasteiger charge is 2.37. The smallest absolute Gasteiger partial charge is 0.269 e. The van der Waals surface area contributed by atoms with Crippen molar-refractivity contribution in [3.8, 4) is 0 Å². The SMILES string of the molecule is CC1(CNC(=O)c2ccc(NN)cn2)CC1. The zero-order chi connectivity index (χ0) is 11.6. The Morgan fingerprint density at radius 2 is 2.31 bits per heavy atom. The van der Waals surface area contributed by atoms with Gasteiger partial charge in [0.1, 0.15) is 5.69 Å². The lowest BCUT2D eigenvalue weighted by Gasteiger charge is -2.09. The molecule has 0 aliphatic heterocycles. The van der Waals surface area contributed by atoms with E-state index in [1.165, 1.54) is 19.0 Å². The lowest BCUT2D eigenvalue weighted by Crippen LogP contribution is -2.29. The van der Waals surface area contributed by atoms with Gasteiger partial charge >= 0.3 is 0 Å². The van der Waals surface area contributed by atoms with Crippen LogP contribution in [0.25, 0.3) is 0 Å². The lowest BCUT2D eigenvalue weighted by atomic mass is 10.1. The van der Waals surface area contributed by atoms with E-state index in [-0.39, 0.29) is 5.91 Å². The summed E-state index contributed by atoms with van der Waals surface area (Å²) in [7, 11) is 0. The number of nitrogens with zero attached hydrogens (tertiary/aromatic N) is 1. The second-order valence-electron chi connectivity index (χ2n) is 4.57. The van der Waals surface area contributed by atoms with E-state index in [1.54, 1.807) is 12.1 Å². The molecule has 1 aromatic rings. The Bertz CT molecular complexity index is 383. The molecule has 0 atom stereocenters. The van der Waals surface area contributed by atoms with Crippen molar-refractivity contribution < 1.29 is 4.79 Å². The highest BCUT2D eigenvalue weighted by Crippen LogP contribution is 2.44. The zero-order valence-corrected chi connectivity index (χ0v) is 9.29. The average Bonchev–Trinajstić information content (AvgIpc) is 3.05. The van der Waals surface area contributed by atoms with Gasteiger partial charge in [-0.25, -0.2) is 4.98 Å². The average molecular weight is 220 g/mol. The molecule has 1 fully saturated rings. The third kappa shape index (κ3) is 2.49. The van der Waals surface area contributed by atoms with Crippen LogP contribution in [-0.2, 0) is 0 Å². The molecule has 0 radical (unpaired) electrons. The Labute approximate surface area is 94.4 Å². The Morgan fingerprint density at radius 1 is 1.56 bits per heavy atom. The number of hydrogen-bond donors (Lipinski definition) is 3. The molecule has 5 nitrogen and oxygen atoms in total. The molecule has 1 aliphatic rings. The van der Waals surface area contributed by atoms with Crippen molar-refractivity contribution in [2.24, 2.45) is 11.3 Å².